The zero-order valence-electron chi connectivity index (χ0n) is 19.1. The number of carbonyl (C=O) groups is 1. The van der Waals surface area contributed by atoms with Gasteiger partial charge in [0.2, 0.25) is 0 Å². The molecule has 4 heterocycles. The van der Waals surface area contributed by atoms with Crippen molar-refractivity contribution in [3.05, 3.63) is 54.4 Å². The van der Waals surface area contributed by atoms with Crippen LogP contribution in [-0.2, 0) is 13.6 Å². The fourth-order valence-electron chi connectivity index (χ4n) is 5.02. The zero-order chi connectivity index (χ0) is 22.7. The molecule has 1 saturated carbocycles. The third kappa shape index (κ3) is 3.28. The van der Waals surface area contributed by atoms with Crippen molar-refractivity contribution < 1.29 is 4.79 Å². The molecule has 8 heteroatoms. The van der Waals surface area contributed by atoms with Crippen molar-refractivity contribution in [3.63, 3.8) is 0 Å². The van der Waals surface area contributed by atoms with E-state index in [2.05, 4.69) is 46.2 Å². The van der Waals surface area contributed by atoms with Gasteiger partial charge in [0.15, 0.2) is 0 Å². The van der Waals surface area contributed by atoms with Gasteiger partial charge in [-0.1, -0.05) is 18.2 Å². The molecule has 3 aromatic heterocycles. The molecule has 1 unspecified atom stereocenters. The number of nitrogens with zero attached hydrogens (tertiary/aromatic N) is 6. The first-order valence-corrected chi connectivity index (χ1v) is 11.5. The van der Waals surface area contributed by atoms with Crippen molar-refractivity contribution in [2.75, 3.05) is 13.6 Å². The molecule has 33 heavy (non-hydrogen) atoms. The molecule has 168 valence electrons. The largest absolute Gasteiger partial charge is 0.341 e. The zero-order valence-corrected chi connectivity index (χ0v) is 19.1. The Balaban J connectivity index is 1.50. The number of carbonyl (C=O) groups excluding carboxylic acids is 1. The van der Waals surface area contributed by atoms with Crippen LogP contribution in [0.5, 0.6) is 0 Å². The fourth-order valence-corrected chi connectivity index (χ4v) is 5.02. The number of nitrogens with one attached hydrogen (secondary N) is 1. The van der Waals surface area contributed by atoms with Gasteiger partial charge in [-0.3, -0.25) is 9.67 Å². The second-order valence-electron chi connectivity index (χ2n) is 9.19. The minimum absolute atomic E-state index is 0.0473. The Labute approximate surface area is 192 Å². The van der Waals surface area contributed by atoms with Crippen LogP contribution in [0.2, 0.25) is 0 Å². The second kappa shape index (κ2) is 7.43. The molecule has 2 amide bonds. The number of hydrogen-bond donors (Lipinski definition) is 1. The van der Waals surface area contributed by atoms with Gasteiger partial charge in [-0.05, 0) is 31.2 Å². The number of amides is 2. The lowest BCUT2D eigenvalue weighted by molar-refractivity contribution is 0.174. The highest BCUT2D eigenvalue weighted by Crippen LogP contribution is 2.45. The van der Waals surface area contributed by atoms with Crippen LogP contribution in [0.25, 0.3) is 33.3 Å². The summed E-state index contributed by atoms with van der Waals surface area (Å²) in [6.07, 6.45) is 8.12. The summed E-state index contributed by atoms with van der Waals surface area (Å²) in [5.41, 5.74) is 5.05. The van der Waals surface area contributed by atoms with Gasteiger partial charge in [0, 0.05) is 55.5 Å². The van der Waals surface area contributed by atoms with Gasteiger partial charge >= 0.3 is 6.03 Å². The van der Waals surface area contributed by atoms with Crippen LogP contribution in [-0.4, -0.2) is 48.8 Å². The molecule has 4 aromatic rings. The second-order valence-corrected chi connectivity index (χ2v) is 9.19. The van der Waals surface area contributed by atoms with Crippen LogP contribution >= 0.6 is 0 Å². The molecule has 1 atom stereocenters. The first-order valence-electron chi connectivity index (χ1n) is 11.5. The molecular weight excluding hydrogens is 414 g/mol. The van der Waals surface area contributed by atoms with E-state index < -0.39 is 0 Å². The third-order valence-corrected chi connectivity index (χ3v) is 6.77. The molecular formula is C25H27N7O. The Bertz CT molecular complexity index is 1380. The normalized spacial score (nSPS) is 17.9. The number of benzene rings is 1. The fraction of sp³-hybridized carbons (Fsp3) is 0.360. The average molecular weight is 442 g/mol. The lowest BCUT2D eigenvalue weighted by atomic mass is 10.0. The molecule has 1 aliphatic carbocycles. The highest BCUT2D eigenvalue weighted by Gasteiger charge is 2.37. The van der Waals surface area contributed by atoms with E-state index in [0.717, 1.165) is 39.0 Å². The third-order valence-electron chi connectivity index (χ3n) is 6.77. The molecule has 0 saturated heterocycles. The van der Waals surface area contributed by atoms with E-state index >= 15 is 0 Å². The van der Waals surface area contributed by atoms with Crippen molar-refractivity contribution in [2.24, 2.45) is 7.05 Å². The maximum atomic E-state index is 12.5. The first-order chi connectivity index (χ1) is 16.0. The first kappa shape index (κ1) is 20.0. The summed E-state index contributed by atoms with van der Waals surface area (Å²) in [5, 5.41) is 9.24. The smallest absolute Gasteiger partial charge is 0.317 e. The molecule has 1 aliphatic heterocycles. The minimum atomic E-state index is -0.0473. The van der Waals surface area contributed by atoms with E-state index in [9.17, 15) is 4.79 Å². The van der Waals surface area contributed by atoms with Crippen molar-refractivity contribution in [1.82, 2.24) is 34.5 Å². The van der Waals surface area contributed by atoms with Crippen LogP contribution in [0, 0.1) is 0 Å². The molecule has 2 aliphatic rings. The highest BCUT2D eigenvalue weighted by molar-refractivity contribution is 5.97. The molecule has 0 bridgehead atoms. The summed E-state index contributed by atoms with van der Waals surface area (Å²) in [5.74, 6) is 1.69. The van der Waals surface area contributed by atoms with Crippen molar-refractivity contribution in [1.29, 1.82) is 0 Å². The van der Waals surface area contributed by atoms with E-state index in [4.69, 9.17) is 9.97 Å². The Morgan fingerprint density at radius 1 is 1.21 bits per heavy atom. The summed E-state index contributed by atoms with van der Waals surface area (Å²) >= 11 is 0. The van der Waals surface area contributed by atoms with Gasteiger partial charge in [-0.15, -0.1) is 0 Å². The Morgan fingerprint density at radius 2 is 2.06 bits per heavy atom. The van der Waals surface area contributed by atoms with E-state index in [0.29, 0.717) is 19.0 Å². The molecule has 1 fully saturated rings. The molecule has 1 aromatic carbocycles. The number of fused-ring (bicyclic) bond motifs is 2. The quantitative estimate of drug-likeness (QED) is 0.519. The Hall–Kier alpha value is -3.68. The van der Waals surface area contributed by atoms with Crippen molar-refractivity contribution >= 4 is 16.8 Å². The van der Waals surface area contributed by atoms with Gasteiger partial charge in [0.25, 0.3) is 0 Å². The highest BCUT2D eigenvalue weighted by atomic mass is 16.2. The molecule has 0 radical (unpaired) electrons. The standard InChI is InChI=1S/C25H27N7O/c1-15-12-31(25(33)26-2)14-22-23(29-24(32(15)22)16-7-8-16)19-6-4-5-17-9-21(27-11-20(17)19)18-10-28-30(3)13-18/h4-6,9-11,13,15-16H,7-8,12,14H2,1-3H3,(H,26,33). The topological polar surface area (TPSA) is 80.9 Å². The predicted octanol–water partition coefficient (Wildman–Crippen LogP) is 4.09. The van der Waals surface area contributed by atoms with Gasteiger partial charge in [0.1, 0.15) is 5.82 Å². The number of pyridine rings is 1. The maximum Gasteiger partial charge on any atom is 0.317 e. The molecule has 8 nitrogen and oxygen atoms in total. The SMILES string of the molecule is CNC(=O)N1Cc2c(-c3cccc4cc(-c5cnn(C)c5)ncc34)nc(C3CC3)n2C(C)C1. The van der Waals surface area contributed by atoms with E-state index in [1.165, 1.54) is 18.7 Å². The van der Waals surface area contributed by atoms with E-state index in [-0.39, 0.29) is 12.1 Å². The molecule has 6 rings (SSSR count). The lowest BCUT2D eigenvalue weighted by Gasteiger charge is -2.34. The number of rotatable bonds is 3. The van der Waals surface area contributed by atoms with Crippen LogP contribution in [0.4, 0.5) is 4.79 Å². The Kier molecular flexibility index (Phi) is 4.50. The summed E-state index contributed by atoms with van der Waals surface area (Å²) in [6.45, 7) is 3.42. The monoisotopic (exact) mass is 441 g/mol. The number of aryl methyl sites for hydroxylation is 1. The van der Waals surface area contributed by atoms with Gasteiger partial charge < -0.3 is 14.8 Å². The number of imidazole rings is 1. The van der Waals surface area contributed by atoms with Gasteiger partial charge in [0.05, 0.1) is 35.9 Å². The van der Waals surface area contributed by atoms with Crippen molar-refractivity contribution in [2.45, 2.75) is 38.3 Å². The Morgan fingerprint density at radius 3 is 2.79 bits per heavy atom. The number of hydrogen-bond acceptors (Lipinski definition) is 4. The van der Waals surface area contributed by atoms with Crippen LogP contribution < -0.4 is 5.32 Å². The summed E-state index contributed by atoms with van der Waals surface area (Å²) in [4.78, 5) is 24.3. The lowest BCUT2D eigenvalue weighted by Crippen LogP contribution is -2.44. The van der Waals surface area contributed by atoms with E-state index in [1.807, 2.05) is 30.5 Å². The average Bonchev–Trinajstić information content (AvgIpc) is 3.47. The van der Waals surface area contributed by atoms with Gasteiger partial charge in [-0.25, -0.2) is 9.78 Å². The van der Waals surface area contributed by atoms with Crippen LogP contribution in [0.15, 0.2) is 42.9 Å². The van der Waals surface area contributed by atoms with Crippen molar-refractivity contribution in [3.8, 4) is 22.5 Å². The van der Waals surface area contributed by atoms with E-state index in [1.54, 1.807) is 11.7 Å². The summed E-state index contributed by atoms with van der Waals surface area (Å²) in [7, 11) is 3.59. The summed E-state index contributed by atoms with van der Waals surface area (Å²) < 4.78 is 4.18. The molecule has 0 spiro atoms. The predicted molar refractivity (Wildman–Crippen MR) is 127 cm³/mol. The number of aromatic nitrogens is 5. The molecule has 1 N–H and O–H groups in total. The van der Waals surface area contributed by atoms with Crippen LogP contribution in [0.1, 0.15) is 43.2 Å². The maximum absolute atomic E-state index is 12.5. The number of urea groups is 1. The van der Waals surface area contributed by atoms with Gasteiger partial charge in [-0.2, -0.15) is 5.10 Å². The van der Waals surface area contributed by atoms with Crippen LogP contribution in [0.3, 0.4) is 0 Å². The summed E-state index contributed by atoms with van der Waals surface area (Å²) in [6, 6.07) is 8.57. The minimum Gasteiger partial charge on any atom is -0.341 e.